The van der Waals surface area contributed by atoms with E-state index in [0.717, 1.165) is 25.3 Å². The van der Waals surface area contributed by atoms with Crippen LogP contribution >= 0.6 is 0 Å². The van der Waals surface area contributed by atoms with Crippen molar-refractivity contribution in [2.24, 2.45) is 11.8 Å². The maximum atomic E-state index is 13.2. The van der Waals surface area contributed by atoms with Gasteiger partial charge in [0.25, 0.3) is 0 Å². The lowest BCUT2D eigenvalue weighted by molar-refractivity contribution is -0.132. The fourth-order valence-electron chi connectivity index (χ4n) is 4.98. The van der Waals surface area contributed by atoms with E-state index < -0.39 is 0 Å². The summed E-state index contributed by atoms with van der Waals surface area (Å²) in [6.07, 6.45) is 9.88. The van der Waals surface area contributed by atoms with E-state index in [-0.39, 0.29) is 11.9 Å². The van der Waals surface area contributed by atoms with Crippen LogP contribution in [-0.4, -0.2) is 45.4 Å². The van der Waals surface area contributed by atoms with Crippen LogP contribution in [0.15, 0.2) is 73.4 Å². The van der Waals surface area contributed by atoms with Crippen LogP contribution in [0, 0.1) is 11.8 Å². The van der Waals surface area contributed by atoms with Gasteiger partial charge < -0.3 is 9.80 Å². The molecule has 30 heavy (non-hydrogen) atoms. The van der Waals surface area contributed by atoms with Gasteiger partial charge in [0.2, 0.25) is 5.91 Å². The summed E-state index contributed by atoms with van der Waals surface area (Å²) in [5.74, 6) is 1.12. The molecule has 152 valence electrons. The van der Waals surface area contributed by atoms with Crippen molar-refractivity contribution in [1.29, 1.82) is 0 Å². The van der Waals surface area contributed by atoms with Crippen molar-refractivity contribution >= 4 is 11.6 Å². The molecule has 0 bridgehead atoms. The molecule has 2 fully saturated rings. The van der Waals surface area contributed by atoms with Gasteiger partial charge in [0.05, 0.1) is 11.7 Å². The maximum absolute atomic E-state index is 13.2. The summed E-state index contributed by atoms with van der Waals surface area (Å²) >= 11 is 0. The number of hydrogen-bond donors (Lipinski definition) is 0. The van der Waals surface area contributed by atoms with E-state index in [2.05, 4.69) is 61.1 Å². The van der Waals surface area contributed by atoms with Gasteiger partial charge in [-0.25, -0.2) is 0 Å². The Balaban J connectivity index is 1.36. The Labute approximate surface area is 176 Å². The van der Waals surface area contributed by atoms with Crippen molar-refractivity contribution in [3.8, 4) is 0 Å². The molecule has 0 saturated carbocycles. The molecule has 6 heteroatoms. The van der Waals surface area contributed by atoms with Crippen LogP contribution in [0.1, 0.15) is 23.7 Å². The summed E-state index contributed by atoms with van der Waals surface area (Å²) < 4.78 is 0. The Morgan fingerprint density at radius 3 is 2.53 bits per heavy atom. The number of hydrogen-bond acceptors (Lipinski definition) is 5. The third-order valence-electron chi connectivity index (χ3n) is 6.37. The number of fused-ring (bicyclic) bond motifs is 1. The van der Waals surface area contributed by atoms with Crippen LogP contribution in [0.5, 0.6) is 0 Å². The number of carbonyl (C=O) groups is 1. The summed E-state index contributed by atoms with van der Waals surface area (Å²) in [5, 5.41) is 0. The van der Waals surface area contributed by atoms with Crippen molar-refractivity contribution in [2.75, 3.05) is 24.5 Å². The SMILES string of the molecule is O=C(CCc1cnccn1)N1C[C@@H]2CN(c3ccncc3)C[C@@H]2[C@@H]1c1ccccc1. The van der Waals surface area contributed by atoms with Crippen LogP contribution < -0.4 is 4.90 Å². The van der Waals surface area contributed by atoms with Crippen LogP contribution in [-0.2, 0) is 11.2 Å². The molecule has 2 saturated heterocycles. The molecule has 6 nitrogen and oxygen atoms in total. The van der Waals surface area contributed by atoms with E-state index in [1.54, 1.807) is 18.6 Å². The smallest absolute Gasteiger partial charge is 0.223 e. The fourth-order valence-corrected chi connectivity index (χ4v) is 4.98. The minimum atomic E-state index is 0.123. The molecular weight excluding hydrogens is 374 g/mol. The fraction of sp³-hybridized carbons (Fsp3) is 0.333. The summed E-state index contributed by atoms with van der Waals surface area (Å²) in [6, 6.07) is 14.8. The quantitative estimate of drug-likeness (QED) is 0.660. The Morgan fingerprint density at radius 1 is 0.933 bits per heavy atom. The van der Waals surface area contributed by atoms with Crippen LogP contribution in [0.2, 0.25) is 0 Å². The number of aromatic nitrogens is 3. The highest BCUT2D eigenvalue weighted by molar-refractivity contribution is 5.77. The zero-order valence-corrected chi connectivity index (χ0v) is 16.8. The molecule has 0 unspecified atom stereocenters. The van der Waals surface area contributed by atoms with Crippen molar-refractivity contribution in [3.63, 3.8) is 0 Å². The minimum Gasteiger partial charge on any atom is -0.371 e. The second-order valence-corrected chi connectivity index (χ2v) is 8.13. The number of anilines is 1. The van der Waals surface area contributed by atoms with E-state index >= 15 is 0 Å². The molecule has 3 aromatic rings. The number of carbonyl (C=O) groups excluding carboxylic acids is 1. The van der Waals surface area contributed by atoms with Gasteiger partial charge in [0.1, 0.15) is 0 Å². The van der Waals surface area contributed by atoms with Crippen molar-refractivity contribution in [2.45, 2.75) is 18.9 Å². The maximum Gasteiger partial charge on any atom is 0.223 e. The van der Waals surface area contributed by atoms with E-state index in [4.69, 9.17) is 0 Å². The number of pyridine rings is 1. The largest absolute Gasteiger partial charge is 0.371 e. The number of nitrogens with zero attached hydrogens (tertiary/aromatic N) is 5. The summed E-state index contributed by atoms with van der Waals surface area (Å²) in [7, 11) is 0. The Bertz CT molecular complexity index is 982. The number of rotatable bonds is 5. The summed E-state index contributed by atoms with van der Waals surface area (Å²) in [5.41, 5.74) is 3.31. The van der Waals surface area contributed by atoms with Gasteiger partial charge in [0, 0.05) is 74.6 Å². The average molecular weight is 399 g/mol. The van der Waals surface area contributed by atoms with Gasteiger partial charge in [-0.2, -0.15) is 0 Å². The van der Waals surface area contributed by atoms with Crippen molar-refractivity contribution in [3.05, 3.63) is 84.7 Å². The summed E-state index contributed by atoms with van der Waals surface area (Å²) in [4.78, 5) is 30.4. The third kappa shape index (κ3) is 3.65. The highest BCUT2D eigenvalue weighted by atomic mass is 16.2. The standard InChI is InChI=1S/C24H25N5O/c30-23(7-6-20-14-26-12-13-27-20)29-16-19-15-28(21-8-10-25-11-9-21)17-22(19)24(29)18-4-2-1-3-5-18/h1-5,8-14,19,22,24H,6-7,15-17H2/t19-,22-,24-/m0/s1. The Kier molecular flexibility index (Phi) is 5.13. The molecule has 3 atom stereocenters. The lowest BCUT2D eigenvalue weighted by atomic mass is 9.89. The van der Waals surface area contributed by atoms with E-state index in [1.807, 2.05) is 18.5 Å². The molecule has 0 spiro atoms. The Hall–Kier alpha value is -3.28. The zero-order chi connectivity index (χ0) is 20.3. The van der Waals surface area contributed by atoms with Crippen LogP contribution in [0.3, 0.4) is 0 Å². The summed E-state index contributed by atoms with van der Waals surface area (Å²) in [6.45, 7) is 2.75. The highest BCUT2D eigenvalue weighted by Crippen LogP contribution is 2.46. The predicted molar refractivity (Wildman–Crippen MR) is 115 cm³/mol. The van der Waals surface area contributed by atoms with Gasteiger partial charge in [-0.3, -0.25) is 19.7 Å². The topological polar surface area (TPSA) is 62.2 Å². The average Bonchev–Trinajstić information content (AvgIpc) is 3.38. The third-order valence-corrected chi connectivity index (χ3v) is 6.37. The molecule has 5 rings (SSSR count). The molecule has 2 aromatic heterocycles. The van der Waals surface area contributed by atoms with Crippen LogP contribution in [0.4, 0.5) is 5.69 Å². The van der Waals surface area contributed by atoms with Crippen LogP contribution in [0.25, 0.3) is 0 Å². The molecule has 0 N–H and O–H groups in total. The number of benzene rings is 1. The normalized spacial score (nSPS) is 22.9. The number of likely N-dealkylation sites (tertiary alicyclic amines) is 1. The van der Waals surface area contributed by atoms with E-state index in [9.17, 15) is 4.79 Å². The first-order valence-electron chi connectivity index (χ1n) is 10.5. The van der Waals surface area contributed by atoms with Gasteiger partial charge in [-0.1, -0.05) is 30.3 Å². The molecular formula is C24H25N5O. The second-order valence-electron chi connectivity index (χ2n) is 8.13. The van der Waals surface area contributed by atoms with Gasteiger partial charge >= 0.3 is 0 Å². The van der Waals surface area contributed by atoms with Gasteiger partial charge in [-0.15, -0.1) is 0 Å². The molecule has 0 aliphatic carbocycles. The highest BCUT2D eigenvalue weighted by Gasteiger charge is 2.48. The first kappa shape index (κ1) is 18.7. The molecule has 2 aliphatic rings. The lowest BCUT2D eigenvalue weighted by Gasteiger charge is -2.30. The molecule has 2 aliphatic heterocycles. The first-order valence-corrected chi connectivity index (χ1v) is 10.5. The van der Waals surface area contributed by atoms with Crippen molar-refractivity contribution < 1.29 is 4.79 Å². The monoisotopic (exact) mass is 399 g/mol. The van der Waals surface area contributed by atoms with E-state index in [0.29, 0.717) is 24.7 Å². The second kappa shape index (κ2) is 8.22. The van der Waals surface area contributed by atoms with E-state index in [1.165, 1.54) is 11.3 Å². The molecule has 4 heterocycles. The minimum absolute atomic E-state index is 0.123. The molecule has 1 amide bonds. The first-order chi connectivity index (χ1) is 14.8. The molecule has 1 aromatic carbocycles. The van der Waals surface area contributed by atoms with Crippen molar-refractivity contribution in [1.82, 2.24) is 19.9 Å². The molecule has 0 radical (unpaired) electrons. The van der Waals surface area contributed by atoms with Gasteiger partial charge in [-0.05, 0) is 24.1 Å². The zero-order valence-electron chi connectivity index (χ0n) is 16.8. The number of aryl methyl sites for hydroxylation is 1. The Morgan fingerprint density at radius 2 is 1.77 bits per heavy atom. The number of amides is 1. The van der Waals surface area contributed by atoms with Gasteiger partial charge in [0.15, 0.2) is 0 Å². The predicted octanol–water partition coefficient (Wildman–Crippen LogP) is 3.14. The lowest BCUT2D eigenvalue weighted by Crippen LogP contribution is -2.36.